The first kappa shape index (κ1) is 21.9. The van der Waals surface area contributed by atoms with Gasteiger partial charge in [-0.3, -0.25) is 19.8 Å². The number of hydrogen-bond donors (Lipinski definition) is 1. The number of halogens is 3. The first-order valence-corrected chi connectivity index (χ1v) is 9.17. The molecule has 1 aromatic rings. The van der Waals surface area contributed by atoms with Crippen LogP contribution in [0, 0.1) is 16.0 Å². The number of anilines is 1. The van der Waals surface area contributed by atoms with E-state index < -0.39 is 22.4 Å². The van der Waals surface area contributed by atoms with Crippen LogP contribution in [0.1, 0.15) is 25.8 Å². The van der Waals surface area contributed by atoms with Gasteiger partial charge in [0.2, 0.25) is 5.91 Å². The zero-order valence-electron chi connectivity index (χ0n) is 16.0. The predicted octanol–water partition coefficient (Wildman–Crippen LogP) is 2.90. The van der Waals surface area contributed by atoms with Crippen LogP contribution in [0.4, 0.5) is 24.5 Å². The van der Waals surface area contributed by atoms with Crippen molar-refractivity contribution in [2.45, 2.75) is 26.4 Å². The van der Waals surface area contributed by atoms with Gasteiger partial charge in [-0.15, -0.1) is 0 Å². The summed E-state index contributed by atoms with van der Waals surface area (Å²) in [5.41, 5.74) is -1.44. The van der Waals surface area contributed by atoms with Crippen LogP contribution in [0.5, 0.6) is 0 Å². The van der Waals surface area contributed by atoms with Gasteiger partial charge in [-0.1, -0.05) is 13.8 Å². The molecule has 28 heavy (non-hydrogen) atoms. The summed E-state index contributed by atoms with van der Waals surface area (Å²) in [5.74, 6) is 0.429. The molecule has 7 nitrogen and oxygen atoms in total. The number of carbonyl (C=O) groups excluding carboxylic acids is 1. The molecule has 1 fully saturated rings. The second-order valence-electron chi connectivity index (χ2n) is 7.25. The van der Waals surface area contributed by atoms with Crippen molar-refractivity contribution < 1.29 is 22.9 Å². The van der Waals surface area contributed by atoms with Gasteiger partial charge in [0.1, 0.15) is 5.69 Å². The minimum Gasteiger partial charge on any atom is -0.363 e. The minimum absolute atomic E-state index is 0.0744. The summed E-state index contributed by atoms with van der Waals surface area (Å²) in [4.78, 5) is 26.0. The second kappa shape index (κ2) is 9.22. The van der Waals surface area contributed by atoms with Crippen LogP contribution in [0.3, 0.4) is 0 Å². The lowest BCUT2D eigenvalue weighted by Gasteiger charge is -2.35. The number of nitrogens with zero attached hydrogens (tertiary/aromatic N) is 3. The standard InChI is InChI=1S/C18H25F3N4O3/c1-13(2)5-6-22-17(26)12-23-7-9-24(10-8-23)15-4-3-14(18(19,20)21)11-16(15)25(27)28/h3-4,11,13H,5-10,12H2,1-2H3,(H,22,26). The predicted molar refractivity (Wildman–Crippen MR) is 99.2 cm³/mol. The average molecular weight is 402 g/mol. The van der Waals surface area contributed by atoms with Crippen LogP contribution in [0.25, 0.3) is 0 Å². The Morgan fingerprint density at radius 1 is 1.25 bits per heavy atom. The highest BCUT2D eigenvalue weighted by Crippen LogP contribution is 2.36. The Labute approximate surface area is 161 Å². The monoisotopic (exact) mass is 402 g/mol. The van der Waals surface area contributed by atoms with E-state index in [0.717, 1.165) is 18.6 Å². The maximum absolute atomic E-state index is 12.8. The third kappa shape index (κ3) is 6.08. The van der Waals surface area contributed by atoms with Crippen LogP contribution in [0.15, 0.2) is 18.2 Å². The molecule has 0 bridgehead atoms. The number of carbonyl (C=O) groups is 1. The van der Waals surface area contributed by atoms with Crippen LogP contribution >= 0.6 is 0 Å². The first-order valence-electron chi connectivity index (χ1n) is 9.17. The number of amides is 1. The summed E-state index contributed by atoms with van der Waals surface area (Å²) in [5, 5.41) is 14.1. The second-order valence-corrected chi connectivity index (χ2v) is 7.25. The molecule has 0 atom stereocenters. The molecule has 0 spiro atoms. The van der Waals surface area contributed by atoms with E-state index in [0.29, 0.717) is 44.7 Å². The van der Waals surface area contributed by atoms with E-state index in [9.17, 15) is 28.1 Å². The third-order valence-corrected chi connectivity index (χ3v) is 4.62. The molecule has 0 radical (unpaired) electrons. The molecule has 2 rings (SSSR count). The SMILES string of the molecule is CC(C)CCNC(=O)CN1CCN(c2ccc(C(F)(F)F)cc2[N+](=O)[O-])CC1. The van der Waals surface area contributed by atoms with E-state index in [-0.39, 0.29) is 18.1 Å². The van der Waals surface area contributed by atoms with Gasteiger partial charge in [0.25, 0.3) is 5.69 Å². The normalized spacial score (nSPS) is 15.7. The summed E-state index contributed by atoms with van der Waals surface area (Å²) in [6, 6.07) is 2.58. The summed E-state index contributed by atoms with van der Waals surface area (Å²) >= 11 is 0. The first-order chi connectivity index (χ1) is 13.1. The molecule has 0 unspecified atom stereocenters. The van der Waals surface area contributed by atoms with Gasteiger partial charge in [-0.05, 0) is 24.5 Å². The zero-order valence-corrected chi connectivity index (χ0v) is 16.0. The van der Waals surface area contributed by atoms with Gasteiger partial charge < -0.3 is 10.2 Å². The summed E-state index contributed by atoms with van der Waals surface area (Å²) in [6.07, 6.45) is -3.73. The van der Waals surface area contributed by atoms with Crippen molar-refractivity contribution in [1.82, 2.24) is 10.2 Å². The van der Waals surface area contributed by atoms with E-state index in [4.69, 9.17) is 0 Å². The molecule has 1 aromatic carbocycles. The van der Waals surface area contributed by atoms with Crippen molar-refractivity contribution in [1.29, 1.82) is 0 Å². The number of nitro groups is 1. The summed E-state index contributed by atoms with van der Waals surface area (Å²) in [7, 11) is 0. The third-order valence-electron chi connectivity index (χ3n) is 4.62. The lowest BCUT2D eigenvalue weighted by Crippen LogP contribution is -2.49. The fourth-order valence-electron chi connectivity index (χ4n) is 3.02. The molecule has 0 aromatic heterocycles. The largest absolute Gasteiger partial charge is 0.416 e. The topological polar surface area (TPSA) is 78.7 Å². The fourth-order valence-corrected chi connectivity index (χ4v) is 3.02. The Balaban J connectivity index is 1.96. The zero-order chi connectivity index (χ0) is 20.9. The Kier molecular flexibility index (Phi) is 7.22. The Morgan fingerprint density at radius 2 is 1.89 bits per heavy atom. The number of hydrogen-bond acceptors (Lipinski definition) is 5. The fraction of sp³-hybridized carbons (Fsp3) is 0.611. The molecule has 1 heterocycles. The number of nitro benzene ring substituents is 1. The Hall–Kier alpha value is -2.36. The number of alkyl halides is 3. The molecular weight excluding hydrogens is 377 g/mol. The Bertz CT molecular complexity index is 702. The van der Waals surface area contributed by atoms with E-state index in [1.54, 1.807) is 4.90 Å². The lowest BCUT2D eigenvalue weighted by molar-refractivity contribution is -0.384. The number of nitrogens with one attached hydrogen (secondary N) is 1. The van der Waals surface area contributed by atoms with Gasteiger partial charge >= 0.3 is 6.18 Å². The van der Waals surface area contributed by atoms with Crippen LogP contribution in [0.2, 0.25) is 0 Å². The van der Waals surface area contributed by atoms with Crippen molar-refractivity contribution in [2.75, 3.05) is 44.2 Å². The smallest absolute Gasteiger partial charge is 0.363 e. The van der Waals surface area contributed by atoms with E-state index >= 15 is 0 Å². The molecule has 1 N–H and O–H groups in total. The molecule has 1 aliphatic rings. The van der Waals surface area contributed by atoms with E-state index in [2.05, 4.69) is 19.2 Å². The maximum Gasteiger partial charge on any atom is 0.416 e. The highest BCUT2D eigenvalue weighted by atomic mass is 19.4. The van der Waals surface area contributed by atoms with Gasteiger partial charge in [0.05, 0.1) is 17.0 Å². The molecule has 1 saturated heterocycles. The van der Waals surface area contributed by atoms with Crippen molar-refractivity contribution in [3.63, 3.8) is 0 Å². The van der Waals surface area contributed by atoms with Gasteiger partial charge in [0, 0.05) is 38.8 Å². The molecule has 10 heteroatoms. The van der Waals surface area contributed by atoms with Crippen LogP contribution < -0.4 is 10.2 Å². The minimum atomic E-state index is -4.63. The number of benzene rings is 1. The maximum atomic E-state index is 12.8. The van der Waals surface area contributed by atoms with Crippen molar-refractivity contribution in [2.24, 2.45) is 5.92 Å². The van der Waals surface area contributed by atoms with Crippen molar-refractivity contribution >= 4 is 17.3 Å². The molecule has 1 amide bonds. The number of rotatable bonds is 7. The summed E-state index contributed by atoms with van der Waals surface area (Å²) in [6.45, 7) is 6.79. The molecular formula is C18H25F3N4O3. The van der Waals surface area contributed by atoms with Crippen LogP contribution in [-0.4, -0.2) is 55.0 Å². The van der Waals surface area contributed by atoms with Crippen LogP contribution in [-0.2, 0) is 11.0 Å². The lowest BCUT2D eigenvalue weighted by atomic mass is 10.1. The van der Waals surface area contributed by atoms with Gasteiger partial charge in [0.15, 0.2) is 0 Å². The molecule has 0 aliphatic carbocycles. The highest BCUT2D eigenvalue weighted by Gasteiger charge is 2.34. The highest BCUT2D eigenvalue weighted by molar-refractivity contribution is 5.78. The van der Waals surface area contributed by atoms with E-state index in [1.807, 2.05) is 4.90 Å². The van der Waals surface area contributed by atoms with Gasteiger partial charge in [-0.25, -0.2) is 0 Å². The molecule has 156 valence electrons. The molecule has 1 aliphatic heterocycles. The van der Waals surface area contributed by atoms with Gasteiger partial charge in [-0.2, -0.15) is 13.2 Å². The van der Waals surface area contributed by atoms with Crippen molar-refractivity contribution in [3.8, 4) is 0 Å². The molecule has 0 saturated carbocycles. The van der Waals surface area contributed by atoms with E-state index in [1.165, 1.54) is 0 Å². The quantitative estimate of drug-likeness (QED) is 0.561. The Morgan fingerprint density at radius 3 is 2.43 bits per heavy atom. The summed E-state index contributed by atoms with van der Waals surface area (Å²) < 4.78 is 38.5. The average Bonchev–Trinajstić information content (AvgIpc) is 2.60. The number of piperazine rings is 1. The van der Waals surface area contributed by atoms with Crippen molar-refractivity contribution in [3.05, 3.63) is 33.9 Å².